The number of allylic oxidation sites excluding steroid dienone is 2. The summed E-state index contributed by atoms with van der Waals surface area (Å²) in [6.45, 7) is 3.77. The van der Waals surface area contributed by atoms with Crippen molar-refractivity contribution in [2.75, 3.05) is 6.61 Å². The number of ether oxygens (including phenoxy) is 2. The molecule has 1 aliphatic heterocycles. The van der Waals surface area contributed by atoms with Gasteiger partial charge in [-0.1, -0.05) is 24.3 Å². The molecule has 24 heavy (non-hydrogen) atoms. The molecule has 1 unspecified atom stereocenters. The molecule has 5 nitrogen and oxygen atoms in total. The fraction of sp³-hybridized carbons (Fsp3) is 0.263. The van der Waals surface area contributed by atoms with Gasteiger partial charge in [0.25, 0.3) is 5.79 Å². The van der Waals surface area contributed by atoms with Gasteiger partial charge in [0.15, 0.2) is 0 Å². The molecule has 1 aromatic carbocycles. The molecule has 2 aromatic rings. The lowest BCUT2D eigenvalue weighted by atomic mass is 9.89. The average molecular weight is 320 g/mol. The third-order valence-corrected chi connectivity index (χ3v) is 4.59. The number of hydrogen-bond donors (Lipinski definition) is 1. The highest BCUT2D eigenvalue weighted by molar-refractivity contribution is 5.93. The zero-order chi connectivity index (χ0) is 16.9. The van der Waals surface area contributed by atoms with Gasteiger partial charge in [-0.2, -0.15) is 5.26 Å². The van der Waals surface area contributed by atoms with Crippen molar-refractivity contribution < 1.29 is 14.3 Å². The van der Waals surface area contributed by atoms with Crippen LogP contribution in [-0.4, -0.2) is 17.6 Å². The van der Waals surface area contributed by atoms with Gasteiger partial charge in [0.1, 0.15) is 0 Å². The minimum absolute atomic E-state index is 0.414. The number of esters is 1. The first kappa shape index (κ1) is 14.7. The number of carbonyl (C=O) groups excluding carboxylic acids is 1. The van der Waals surface area contributed by atoms with E-state index in [1.54, 1.807) is 0 Å². The Morgan fingerprint density at radius 2 is 2.25 bits per heavy atom. The predicted molar refractivity (Wildman–Crippen MR) is 88.1 cm³/mol. The van der Waals surface area contributed by atoms with Gasteiger partial charge in [-0.05, 0) is 30.5 Å². The van der Waals surface area contributed by atoms with Crippen molar-refractivity contribution in [1.29, 1.82) is 5.26 Å². The summed E-state index contributed by atoms with van der Waals surface area (Å²) in [6.07, 6.45) is 6.30. The molecule has 4 rings (SSSR count). The maximum Gasteiger partial charge on any atom is 0.305 e. The molecule has 0 radical (unpaired) electrons. The van der Waals surface area contributed by atoms with Crippen LogP contribution in [0, 0.1) is 18.3 Å². The second kappa shape index (κ2) is 5.08. The number of aryl methyl sites for hydroxylation is 1. The van der Waals surface area contributed by atoms with E-state index in [2.05, 4.69) is 11.1 Å². The molecule has 0 fully saturated rings. The molecular formula is C19H16N2O3. The Bertz CT molecular complexity index is 975. The number of nitrogens with one attached hydrogen (secondary N) is 1. The normalized spacial score (nSPS) is 21.6. The molecule has 1 aromatic heterocycles. The average Bonchev–Trinajstić information content (AvgIpc) is 2.88. The van der Waals surface area contributed by atoms with Crippen LogP contribution in [0.1, 0.15) is 29.3 Å². The Morgan fingerprint density at radius 3 is 2.88 bits per heavy atom. The third kappa shape index (κ3) is 1.87. The van der Waals surface area contributed by atoms with Gasteiger partial charge < -0.3 is 14.5 Å². The molecule has 0 bridgehead atoms. The smallest absolute Gasteiger partial charge is 0.305 e. The van der Waals surface area contributed by atoms with Crippen molar-refractivity contribution in [2.24, 2.45) is 0 Å². The zero-order valence-electron chi connectivity index (χ0n) is 13.5. The Kier molecular flexibility index (Phi) is 3.12. The van der Waals surface area contributed by atoms with Gasteiger partial charge in [0.2, 0.25) is 0 Å². The Hall–Kier alpha value is -2.84. The predicted octanol–water partition coefficient (Wildman–Crippen LogP) is 3.13. The van der Waals surface area contributed by atoms with Crippen LogP contribution in [0.4, 0.5) is 0 Å². The number of H-pyrrole nitrogens is 1. The van der Waals surface area contributed by atoms with Crippen molar-refractivity contribution in [2.45, 2.75) is 26.1 Å². The summed E-state index contributed by atoms with van der Waals surface area (Å²) in [6, 6.07) is 6.01. The Labute approximate surface area is 139 Å². The summed E-state index contributed by atoms with van der Waals surface area (Å²) >= 11 is 0. The molecule has 1 N–H and O–H groups in total. The summed E-state index contributed by atoms with van der Waals surface area (Å²) < 4.78 is 11.6. The summed E-state index contributed by atoms with van der Waals surface area (Å²) in [5.41, 5.74) is 5.03. The highest BCUT2D eigenvalue weighted by Gasteiger charge is 2.47. The third-order valence-electron chi connectivity index (χ3n) is 4.59. The monoisotopic (exact) mass is 320 g/mol. The molecule has 1 atom stereocenters. The second-order valence-corrected chi connectivity index (χ2v) is 6.06. The molecule has 0 spiro atoms. The van der Waals surface area contributed by atoms with Gasteiger partial charge in [0.05, 0.1) is 29.5 Å². The van der Waals surface area contributed by atoms with Crippen molar-refractivity contribution >= 4 is 16.9 Å². The topological polar surface area (TPSA) is 75.1 Å². The van der Waals surface area contributed by atoms with Crippen LogP contribution in [0.3, 0.4) is 0 Å². The van der Waals surface area contributed by atoms with Crippen molar-refractivity contribution in [3.63, 3.8) is 0 Å². The van der Waals surface area contributed by atoms with E-state index in [0.717, 1.165) is 27.6 Å². The minimum Gasteiger partial charge on any atom is -0.422 e. The first-order chi connectivity index (χ1) is 11.6. The van der Waals surface area contributed by atoms with E-state index in [0.29, 0.717) is 24.3 Å². The number of nitrogens with zero attached hydrogens (tertiary/aromatic N) is 1. The Morgan fingerprint density at radius 1 is 1.46 bits per heavy atom. The van der Waals surface area contributed by atoms with Gasteiger partial charge >= 0.3 is 5.97 Å². The van der Waals surface area contributed by atoms with Crippen molar-refractivity contribution in [1.82, 2.24) is 4.98 Å². The largest absolute Gasteiger partial charge is 0.422 e. The van der Waals surface area contributed by atoms with E-state index in [-0.39, 0.29) is 0 Å². The molecule has 5 heteroatoms. The fourth-order valence-electron chi connectivity index (χ4n) is 3.48. The summed E-state index contributed by atoms with van der Waals surface area (Å²) in [5, 5.41) is 10.4. The molecule has 2 heterocycles. The van der Waals surface area contributed by atoms with Gasteiger partial charge in [0, 0.05) is 17.9 Å². The lowest BCUT2D eigenvalue weighted by Gasteiger charge is -2.38. The summed E-state index contributed by atoms with van der Waals surface area (Å²) in [5.74, 6) is -1.67. The van der Waals surface area contributed by atoms with Crippen LogP contribution in [0.15, 0.2) is 35.9 Å². The number of aromatic amines is 1. The first-order valence-electron chi connectivity index (χ1n) is 7.84. The SMILES string of the molecule is CC(=O)OC1(C2=CC=C2)OCCc2c1[nH]c1c(C)ccc(C#N)c21. The molecule has 2 aliphatic rings. The van der Waals surface area contributed by atoms with Gasteiger partial charge in [-0.15, -0.1) is 0 Å². The molecule has 1 aliphatic carbocycles. The van der Waals surface area contributed by atoms with E-state index >= 15 is 0 Å². The maximum atomic E-state index is 11.8. The highest BCUT2D eigenvalue weighted by atomic mass is 16.7. The van der Waals surface area contributed by atoms with Gasteiger partial charge in [-0.3, -0.25) is 4.79 Å². The standard InChI is InChI=1S/C19H16N2O3/c1-11-6-7-13(10-20)16-15-8-9-23-19(24-12(2)22,14-4-3-5-14)18(15)21-17(11)16/h3-7,21H,8-9H2,1-2H3. The molecule has 0 amide bonds. The van der Waals surface area contributed by atoms with E-state index in [4.69, 9.17) is 9.47 Å². The lowest BCUT2D eigenvalue weighted by molar-refractivity contribution is -0.223. The van der Waals surface area contributed by atoms with E-state index in [9.17, 15) is 10.1 Å². The van der Waals surface area contributed by atoms with Crippen LogP contribution in [0.5, 0.6) is 0 Å². The number of carbonyl (C=O) groups is 1. The van der Waals surface area contributed by atoms with Crippen molar-refractivity contribution in [3.05, 3.63) is 58.3 Å². The molecular weight excluding hydrogens is 304 g/mol. The van der Waals surface area contributed by atoms with Crippen LogP contribution in [-0.2, 0) is 26.5 Å². The molecule has 0 saturated carbocycles. The number of rotatable bonds is 2. The van der Waals surface area contributed by atoms with Crippen molar-refractivity contribution in [3.8, 4) is 6.07 Å². The van der Waals surface area contributed by atoms with Crippen LogP contribution in [0.25, 0.3) is 10.9 Å². The second-order valence-electron chi connectivity index (χ2n) is 6.06. The number of benzene rings is 1. The minimum atomic E-state index is -1.26. The number of nitriles is 1. The number of hydrogen-bond acceptors (Lipinski definition) is 4. The fourth-order valence-corrected chi connectivity index (χ4v) is 3.48. The van der Waals surface area contributed by atoms with Gasteiger partial charge in [-0.25, -0.2) is 0 Å². The number of fused-ring (bicyclic) bond motifs is 3. The maximum absolute atomic E-state index is 11.8. The molecule has 0 saturated heterocycles. The highest BCUT2D eigenvalue weighted by Crippen LogP contribution is 2.45. The van der Waals surface area contributed by atoms with E-state index < -0.39 is 11.8 Å². The van der Waals surface area contributed by atoms with Crippen LogP contribution in [0.2, 0.25) is 0 Å². The van der Waals surface area contributed by atoms with E-state index in [1.165, 1.54) is 6.92 Å². The zero-order valence-corrected chi connectivity index (χ0v) is 13.5. The summed E-state index contributed by atoms with van der Waals surface area (Å²) in [4.78, 5) is 15.1. The van der Waals surface area contributed by atoms with E-state index in [1.807, 2.05) is 37.3 Å². The summed E-state index contributed by atoms with van der Waals surface area (Å²) in [7, 11) is 0. The number of aromatic nitrogens is 1. The quantitative estimate of drug-likeness (QED) is 0.863. The lowest BCUT2D eigenvalue weighted by Crippen LogP contribution is -2.42. The van der Waals surface area contributed by atoms with Crippen LogP contribution < -0.4 is 0 Å². The van der Waals surface area contributed by atoms with Crippen LogP contribution >= 0.6 is 0 Å². The first-order valence-corrected chi connectivity index (χ1v) is 7.84. The molecule has 120 valence electrons. The Balaban J connectivity index is 2.04.